The second kappa shape index (κ2) is 12.0. The molecule has 0 N–H and O–H groups in total. The van der Waals surface area contributed by atoms with Gasteiger partial charge in [0.15, 0.2) is 0 Å². The van der Waals surface area contributed by atoms with Crippen molar-refractivity contribution in [3.05, 3.63) is 59.7 Å². The van der Waals surface area contributed by atoms with Crippen molar-refractivity contribution in [1.29, 1.82) is 0 Å². The van der Waals surface area contributed by atoms with E-state index in [4.69, 9.17) is 0 Å². The highest BCUT2D eigenvalue weighted by molar-refractivity contribution is 5.38. The second-order valence-corrected chi connectivity index (χ2v) is 9.89. The van der Waals surface area contributed by atoms with Crippen molar-refractivity contribution in [3.8, 4) is 11.5 Å². The maximum absolute atomic E-state index is 14.3. The maximum Gasteiger partial charge on any atom is 0.460 e. The van der Waals surface area contributed by atoms with Gasteiger partial charge in [-0.25, -0.2) is 0 Å². The van der Waals surface area contributed by atoms with Crippen LogP contribution in [0.3, 0.4) is 0 Å². The van der Waals surface area contributed by atoms with Crippen LogP contribution in [-0.2, 0) is 11.8 Å². The number of hydrogen-bond donors (Lipinski definition) is 0. The molecular weight excluding hydrogens is 798 g/mol. The van der Waals surface area contributed by atoms with Crippen LogP contribution in [0.25, 0.3) is 0 Å². The lowest BCUT2D eigenvalue weighted by atomic mass is 9.90. The van der Waals surface area contributed by atoms with Crippen LogP contribution >= 0.6 is 0 Å². The van der Waals surface area contributed by atoms with Gasteiger partial charge in [0.05, 0.1) is 0 Å². The zero-order valence-corrected chi connectivity index (χ0v) is 22.9. The topological polar surface area (TPSA) is 9.23 Å². The summed E-state index contributed by atoms with van der Waals surface area (Å²) in [5, 5.41) is 0. The molecule has 2 rings (SSSR count). The van der Waals surface area contributed by atoms with Crippen LogP contribution in [0.4, 0.5) is 114 Å². The third-order valence-electron chi connectivity index (χ3n) is 6.54. The third kappa shape index (κ3) is 6.11. The van der Waals surface area contributed by atoms with E-state index in [1.807, 2.05) is 0 Å². The molecule has 0 bridgehead atoms. The van der Waals surface area contributed by atoms with E-state index in [2.05, 4.69) is 4.74 Å². The second-order valence-electron chi connectivity index (χ2n) is 9.89. The van der Waals surface area contributed by atoms with Crippen LogP contribution in [0, 0.1) is 0 Å². The number of halogens is 26. The minimum absolute atomic E-state index is 0.0277. The fourth-order valence-electron chi connectivity index (χ4n) is 3.50. The largest absolute Gasteiger partial charge is 0.460 e. The Morgan fingerprint density at radius 2 is 0.451 bits per heavy atom. The van der Waals surface area contributed by atoms with Crippen LogP contribution in [0.1, 0.15) is 11.1 Å². The van der Waals surface area contributed by atoms with E-state index in [1.165, 1.54) is 0 Å². The summed E-state index contributed by atoms with van der Waals surface area (Å²) in [4.78, 5) is 0. The standard InChI is InChI=1S/C24H8F26O/c25-13(26,15(29,30)17(33,34)19(37,38)21(41,42)23(45,46)47)9-1-5-11(6-2-9)51-12-7-3-10(4-8-12)14(27,28)16(31,32)18(35,36)20(39,40)22(43,44)24(48,49)50/h1-8H. The fourth-order valence-corrected chi connectivity index (χ4v) is 3.50. The van der Waals surface area contributed by atoms with Gasteiger partial charge in [-0.05, 0) is 48.5 Å². The van der Waals surface area contributed by atoms with Gasteiger partial charge < -0.3 is 4.74 Å². The van der Waals surface area contributed by atoms with Gasteiger partial charge in [0.25, 0.3) is 0 Å². The molecule has 51 heavy (non-hydrogen) atoms. The van der Waals surface area contributed by atoms with Crippen LogP contribution in [0.2, 0.25) is 0 Å². The molecule has 0 aliphatic heterocycles. The van der Waals surface area contributed by atoms with Crippen molar-refractivity contribution in [2.24, 2.45) is 0 Å². The SMILES string of the molecule is FC(F)(F)C(F)(F)C(F)(F)C(F)(F)C(F)(F)C(F)(F)c1ccc(Oc2ccc(C(F)(F)C(F)(F)C(F)(F)C(F)(F)C(F)(F)C(F)(F)F)cc2)cc1. The molecule has 27 heteroatoms. The summed E-state index contributed by atoms with van der Waals surface area (Å²) >= 11 is 0. The van der Waals surface area contributed by atoms with Crippen LogP contribution < -0.4 is 4.74 Å². The van der Waals surface area contributed by atoms with Crippen LogP contribution in [0.5, 0.6) is 11.5 Å². The molecule has 0 aliphatic rings. The summed E-state index contributed by atoms with van der Waals surface area (Å²) in [6.07, 6.45) is -15.3. The molecule has 0 fully saturated rings. The van der Waals surface area contributed by atoms with Crippen molar-refractivity contribution < 1.29 is 119 Å². The Hall–Kier alpha value is -3.58. The predicted octanol–water partition coefficient (Wildman–Crippen LogP) is 11.9. The van der Waals surface area contributed by atoms with Crippen molar-refractivity contribution in [1.82, 2.24) is 0 Å². The van der Waals surface area contributed by atoms with Gasteiger partial charge in [0.1, 0.15) is 11.5 Å². The maximum atomic E-state index is 14.3. The summed E-state index contributed by atoms with van der Waals surface area (Å²) < 4.78 is 351. The molecule has 2 aromatic carbocycles. The lowest BCUT2D eigenvalue weighted by molar-refractivity contribution is -0.441. The Balaban J connectivity index is 2.41. The van der Waals surface area contributed by atoms with Gasteiger partial charge in [0, 0.05) is 11.1 Å². The first-order chi connectivity index (χ1) is 22.2. The molecule has 2 aromatic rings. The summed E-state index contributed by atoms with van der Waals surface area (Å²) in [7, 11) is 0. The van der Waals surface area contributed by atoms with Gasteiger partial charge in [-0.1, -0.05) is 0 Å². The quantitative estimate of drug-likeness (QED) is 0.194. The minimum atomic E-state index is -8.22. The van der Waals surface area contributed by atoms with Gasteiger partial charge in [-0.15, -0.1) is 0 Å². The first-order valence-electron chi connectivity index (χ1n) is 12.0. The average molecular weight is 806 g/mol. The van der Waals surface area contributed by atoms with Gasteiger partial charge >= 0.3 is 71.6 Å². The van der Waals surface area contributed by atoms with Crippen molar-refractivity contribution in [3.63, 3.8) is 0 Å². The molecule has 0 radical (unpaired) electrons. The summed E-state index contributed by atoms with van der Waals surface area (Å²) in [6.45, 7) is 0. The van der Waals surface area contributed by atoms with E-state index < -0.39 is 118 Å². The molecule has 0 spiro atoms. The Kier molecular flexibility index (Phi) is 10.2. The van der Waals surface area contributed by atoms with E-state index in [0.29, 0.717) is 0 Å². The Labute approximate surface area is 262 Å². The van der Waals surface area contributed by atoms with E-state index in [-0.39, 0.29) is 24.3 Å². The van der Waals surface area contributed by atoms with Crippen molar-refractivity contribution in [2.75, 3.05) is 0 Å². The third-order valence-corrected chi connectivity index (χ3v) is 6.54. The number of hydrogen-bond acceptors (Lipinski definition) is 1. The molecule has 1 nitrogen and oxygen atoms in total. The molecule has 0 unspecified atom stereocenters. The number of benzene rings is 2. The van der Waals surface area contributed by atoms with Gasteiger partial charge in [-0.2, -0.15) is 114 Å². The average Bonchev–Trinajstić information content (AvgIpc) is 2.95. The highest BCUT2D eigenvalue weighted by Gasteiger charge is 2.92. The highest BCUT2D eigenvalue weighted by Crippen LogP contribution is 2.63. The first-order valence-corrected chi connectivity index (χ1v) is 12.0. The molecule has 0 atom stereocenters. The molecule has 0 amide bonds. The number of alkyl halides is 26. The van der Waals surface area contributed by atoms with Crippen molar-refractivity contribution in [2.45, 2.75) is 71.6 Å². The molecular formula is C24H8F26O. The van der Waals surface area contributed by atoms with E-state index in [1.54, 1.807) is 0 Å². The lowest BCUT2D eigenvalue weighted by Crippen LogP contribution is -2.69. The zero-order chi connectivity index (χ0) is 40.7. The highest BCUT2D eigenvalue weighted by atomic mass is 19.4. The molecule has 0 saturated heterocycles. The van der Waals surface area contributed by atoms with E-state index in [0.717, 1.165) is 0 Å². The van der Waals surface area contributed by atoms with E-state index in [9.17, 15) is 114 Å². The normalized spacial score (nSPS) is 15.6. The molecule has 0 heterocycles. The molecule has 0 aliphatic carbocycles. The van der Waals surface area contributed by atoms with Gasteiger partial charge in [0.2, 0.25) is 0 Å². The first kappa shape index (κ1) is 43.6. The Morgan fingerprint density at radius 3 is 0.647 bits per heavy atom. The summed E-state index contributed by atoms with van der Waals surface area (Å²) in [6, 6.07) is -1.88. The monoisotopic (exact) mass is 806 g/mol. The van der Waals surface area contributed by atoms with Gasteiger partial charge in [-0.3, -0.25) is 0 Å². The minimum Gasteiger partial charge on any atom is -0.457 e. The van der Waals surface area contributed by atoms with Crippen molar-refractivity contribution >= 4 is 0 Å². The molecule has 0 saturated carbocycles. The summed E-state index contributed by atoms with van der Waals surface area (Å²) in [5.74, 6) is -79.8. The van der Waals surface area contributed by atoms with E-state index >= 15 is 0 Å². The lowest BCUT2D eigenvalue weighted by Gasteiger charge is -2.39. The predicted molar refractivity (Wildman–Crippen MR) is 112 cm³/mol. The van der Waals surface area contributed by atoms with Crippen LogP contribution in [0.15, 0.2) is 48.5 Å². The Bertz CT molecular complexity index is 1420. The number of rotatable bonds is 12. The Morgan fingerprint density at radius 1 is 0.255 bits per heavy atom. The summed E-state index contributed by atoms with van der Waals surface area (Å²) in [5.41, 5.74) is -5.03. The number of ether oxygens (including phenoxy) is 1. The molecule has 0 aromatic heterocycles. The zero-order valence-electron chi connectivity index (χ0n) is 22.9. The van der Waals surface area contributed by atoms with Crippen LogP contribution in [-0.4, -0.2) is 59.7 Å². The smallest absolute Gasteiger partial charge is 0.457 e. The molecule has 292 valence electrons. The fraction of sp³-hybridized carbons (Fsp3) is 0.500.